The number of carbonyl (C=O) groups is 1. The molecule has 112 valence electrons. The Bertz CT molecular complexity index is 649. The van der Waals surface area contributed by atoms with Crippen LogP contribution in [-0.4, -0.2) is 60.7 Å². The first-order valence-electron chi connectivity index (χ1n) is 6.90. The number of H-pyrrole nitrogens is 2. The first-order valence-corrected chi connectivity index (χ1v) is 6.90. The Morgan fingerprint density at radius 3 is 2.81 bits per heavy atom. The van der Waals surface area contributed by atoms with Crippen LogP contribution in [0.2, 0.25) is 0 Å². The van der Waals surface area contributed by atoms with Crippen molar-refractivity contribution in [1.82, 2.24) is 30.5 Å². The molecule has 1 aliphatic rings. The molecule has 1 saturated heterocycles. The van der Waals surface area contributed by atoms with Crippen molar-refractivity contribution in [2.45, 2.75) is 26.4 Å². The highest BCUT2D eigenvalue weighted by Gasteiger charge is 2.36. The lowest BCUT2D eigenvalue weighted by Gasteiger charge is -2.14. The number of aromatic nitrogens is 5. The van der Waals surface area contributed by atoms with Crippen molar-refractivity contribution in [1.29, 1.82) is 0 Å². The van der Waals surface area contributed by atoms with Crippen LogP contribution in [0.3, 0.4) is 0 Å². The van der Waals surface area contributed by atoms with Gasteiger partial charge in [0, 0.05) is 24.7 Å². The molecule has 3 N–H and O–H groups in total. The zero-order valence-electron chi connectivity index (χ0n) is 12.0. The van der Waals surface area contributed by atoms with Crippen molar-refractivity contribution in [2.75, 3.05) is 13.1 Å². The summed E-state index contributed by atoms with van der Waals surface area (Å²) in [5, 5.41) is 27.4. The van der Waals surface area contributed by atoms with E-state index in [1.807, 2.05) is 13.0 Å². The molecule has 0 aromatic carbocycles. The summed E-state index contributed by atoms with van der Waals surface area (Å²) >= 11 is 0. The molecule has 0 aliphatic carbocycles. The van der Waals surface area contributed by atoms with Crippen LogP contribution >= 0.6 is 0 Å². The summed E-state index contributed by atoms with van der Waals surface area (Å²) in [7, 11) is 0. The monoisotopic (exact) mass is 290 g/mol. The second-order valence-electron chi connectivity index (χ2n) is 5.54. The summed E-state index contributed by atoms with van der Waals surface area (Å²) in [5.41, 5.74) is 2.78. The Hall–Kier alpha value is -2.22. The highest BCUT2D eigenvalue weighted by Crippen LogP contribution is 2.22. The van der Waals surface area contributed by atoms with E-state index in [0.717, 1.165) is 11.4 Å². The van der Waals surface area contributed by atoms with Gasteiger partial charge in [0.2, 0.25) is 0 Å². The lowest BCUT2D eigenvalue weighted by Crippen LogP contribution is -2.30. The minimum Gasteiger partial charge on any atom is -0.391 e. The number of carbonyl (C=O) groups excluding carboxylic acids is 1. The number of likely N-dealkylation sites (tertiary alicyclic amines) is 1. The minimum absolute atomic E-state index is 0.0103. The van der Waals surface area contributed by atoms with E-state index in [4.69, 9.17) is 0 Å². The van der Waals surface area contributed by atoms with Crippen LogP contribution in [0.5, 0.6) is 0 Å². The van der Waals surface area contributed by atoms with Crippen molar-refractivity contribution in [3.63, 3.8) is 0 Å². The van der Waals surface area contributed by atoms with E-state index in [1.54, 1.807) is 11.8 Å². The van der Waals surface area contributed by atoms with Gasteiger partial charge < -0.3 is 10.0 Å². The standard InChI is InChI=1S/C13H18N6O2/c1-7-3-10(16-14-7)4-9-5-19(6-11(9)20)13(21)12-8(2)15-18-17-12/h3,9,11,20H,4-6H2,1-2H3,(H,14,16)(H,15,17,18)/t9-,11+/m1/s1. The predicted molar refractivity (Wildman–Crippen MR) is 73.5 cm³/mol. The molecule has 0 saturated carbocycles. The normalized spacial score (nSPS) is 22.0. The van der Waals surface area contributed by atoms with Gasteiger partial charge in [0.05, 0.1) is 17.5 Å². The second-order valence-corrected chi connectivity index (χ2v) is 5.54. The molecule has 0 bridgehead atoms. The third-order valence-electron chi connectivity index (χ3n) is 3.85. The molecule has 1 amide bonds. The van der Waals surface area contributed by atoms with Crippen LogP contribution in [0.15, 0.2) is 6.07 Å². The number of hydrogen-bond acceptors (Lipinski definition) is 5. The number of aryl methyl sites for hydroxylation is 2. The number of nitrogens with one attached hydrogen (secondary N) is 2. The molecule has 1 fully saturated rings. The number of amides is 1. The van der Waals surface area contributed by atoms with Crippen LogP contribution in [0.1, 0.15) is 27.6 Å². The van der Waals surface area contributed by atoms with Gasteiger partial charge >= 0.3 is 0 Å². The quantitative estimate of drug-likeness (QED) is 0.726. The summed E-state index contributed by atoms with van der Waals surface area (Å²) in [5.74, 6) is -0.204. The fourth-order valence-corrected chi connectivity index (χ4v) is 2.70. The lowest BCUT2D eigenvalue weighted by atomic mass is 10.0. The van der Waals surface area contributed by atoms with Crippen LogP contribution in [-0.2, 0) is 6.42 Å². The molecule has 3 heterocycles. The van der Waals surface area contributed by atoms with Crippen LogP contribution in [0.4, 0.5) is 0 Å². The Kier molecular flexibility index (Phi) is 3.46. The number of rotatable bonds is 3. The molecule has 3 rings (SSSR count). The zero-order chi connectivity index (χ0) is 15.0. The van der Waals surface area contributed by atoms with E-state index in [-0.39, 0.29) is 11.8 Å². The highest BCUT2D eigenvalue weighted by molar-refractivity contribution is 5.93. The highest BCUT2D eigenvalue weighted by atomic mass is 16.3. The predicted octanol–water partition coefficient (Wildman–Crippen LogP) is -0.180. The number of aromatic amines is 2. The van der Waals surface area contributed by atoms with E-state index in [0.29, 0.717) is 30.9 Å². The average molecular weight is 290 g/mol. The van der Waals surface area contributed by atoms with E-state index in [9.17, 15) is 9.90 Å². The first kappa shape index (κ1) is 13.7. The Morgan fingerprint density at radius 2 is 2.19 bits per heavy atom. The molecular weight excluding hydrogens is 272 g/mol. The molecule has 0 spiro atoms. The van der Waals surface area contributed by atoms with E-state index < -0.39 is 6.10 Å². The van der Waals surface area contributed by atoms with Gasteiger partial charge in [-0.25, -0.2) is 0 Å². The fourth-order valence-electron chi connectivity index (χ4n) is 2.70. The summed E-state index contributed by atoms with van der Waals surface area (Å²) in [4.78, 5) is 14.0. The van der Waals surface area contributed by atoms with Crippen LogP contribution < -0.4 is 0 Å². The van der Waals surface area contributed by atoms with Crippen molar-refractivity contribution >= 4 is 5.91 Å². The van der Waals surface area contributed by atoms with Gasteiger partial charge in [-0.3, -0.25) is 9.89 Å². The summed E-state index contributed by atoms with van der Waals surface area (Å²) in [6, 6.07) is 1.96. The number of hydrogen-bond donors (Lipinski definition) is 3. The van der Waals surface area contributed by atoms with E-state index in [1.165, 1.54) is 0 Å². The van der Waals surface area contributed by atoms with Gasteiger partial charge in [0.25, 0.3) is 5.91 Å². The Morgan fingerprint density at radius 1 is 1.38 bits per heavy atom. The fraction of sp³-hybridized carbons (Fsp3) is 0.538. The smallest absolute Gasteiger partial charge is 0.276 e. The largest absolute Gasteiger partial charge is 0.391 e. The maximum absolute atomic E-state index is 12.3. The minimum atomic E-state index is -0.543. The van der Waals surface area contributed by atoms with Crippen LogP contribution in [0, 0.1) is 19.8 Å². The maximum Gasteiger partial charge on any atom is 0.276 e. The van der Waals surface area contributed by atoms with Gasteiger partial charge in [0.15, 0.2) is 5.69 Å². The van der Waals surface area contributed by atoms with Crippen molar-refractivity contribution in [3.05, 3.63) is 28.8 Å². The molecule has 21 heavy (non-hydrogen) atoms. The SMILES string of the molecule is Cc1cc(C[C@@H]2CN(C(=O)c3n[nH]nc3C)C[C@@H]2O)n[nH]1. The molecule has 2 aromatic heterocycles. The third-order valence-corrected chi connectivity index (χ3v) is 3.85. The van der Waals surface area contributed by atoms with Crippen LogP contribution in [0.25, 0.3) is 0 Å². The second kappa shape index (κ2) is 5.28. The molecule has 2 atom stereocenters. The summed E-state index contributed by atoms with van der Waals surface area (Å²) in [6.07, 6.45) is 0.103. The topological polar surface area (TPSA) is 111 Å². The first-order chi connectivity index (χ1) is 10.0. The zero-order valence-corrected chi connectivity index (χ0v) is 12.0. The summed E-state index contributed by atoms with van der Waals surface area (Å²) in [6.45, 7) is 4.48. The molecule has 8 nitrogen and oxygen atoms in total. The molecule has 8 heteroatoms. The number of nitrogens with zero attached hydrogens (tertiary/aromatic N) is 4. The van der Waals surface area contributed by atoms with Gasteiger partial charge in [-0.1, -0.05) is 0 Å². The average Bonchev–Trinajstić information content (AvgIpc) is 3.12. The van der Waals surface area contributed by atoms with Gasteiger partial charge in [-0.05, 0) is 26.3 Å². The molecule has 2 aromatic rings. The van der Waals surface area contributed by atoms with E-state index in [2.05, 4.69) is 25.6 Å². The van der Waals surface area contributed by atoms with Gasteiger partial charge in [0.1, 0.15) is 0 Å². The molecule has 0 unspecified atom stereocenters. The maximum atomic E-state index is 12.3. The Balaban J connectivity index is 1.68. The summed E-state index contributed by atoms with van der Waals surface area (Å²) < 4.78 is 0. The Labute approximate surface area is 121 Å². The van der Waals surface area contributed by atoms with Crippen molar-refractivity contribution in [3.8, 4) is 0 Å². The lowest BCUT2D eigenvalue weighted by molar-refractivity contribution is 0.0758. The van der Waals surface area contributed by atoms with Gasteiger partial charge in [-0.15, -0.1) is 0 Å². The van der Waals surface area contributed by atoms with Gasteiger partial charge in [-0.2, -0.15) is 20.5 Å². The molecule has 0 radical (unpaired) electrons. The molecule has 1 aliphatic heterocycles. The van der Waals surface area contributed by atoms with Crippen molar-refractivity contribution < 1.29 is 9.90 Å². The number of aliphatic hydroxyl groups is 1. The van der Waals surface area contributed by atoms with Crippen molar-refractivity contribution in [2.24, 2.45) is 5.92 Å². The van der Waals surface area contributed by atoms with E-state index >= 15 is 0 Å². The number of β-amino-alcohol motifs (C(OH)–C–C–N with tert-alkyl or cyclic N) is 1. The molecular formula is C13H18N6O2. The third kappa shape index (κ3) is 2.66. The number of aliphatic hydroxyl groups excluding tert-OH is 1.